The molecular weight excluding hydrogens is 364 g/mol. The highest BCUT2D eigenvalue weighted by molar-refractivity contribution is 8.00. The van der Waals surface area contributed by atoms with Gasteiger partial charge < -0.3 is 9.55 Å². The zero-order valence-corrected chi connectivity index (χ0v) is 16.1. The smallest absolute Gasteiger partial charge is 0.192 e. The fraction of sp³-hybridized carbons (Fsp3) is 0.211. The lowest BCUT2D eigenvalue weighted by Gasteiger charge is -2.11. The van der Waals surface area contributed by atoms with E-state index in [2.05, 4.69) is 26.7 Å². The van der Waals surface area contributed by atoms with Crippen molar-refractivity contribution in [3.8, 4) is 10.7 Å². The molecule has 7 heteroatoms. The van der Waals surface area contributed by atoms with Gasteiger partial charge in [0, 0.05) is 29.2 Å². The summed E-state index contributed by atoms with van der Waals surface area (Å²) in [4.78, 5) is 17.2. The molecule has 4 rings (SSSR count). The fourth-order valence-electron chi connectivity index (χ4n) is 2.95. The summed E-state index contributed by atoms with van der Waals surface area (Å²) in [5.41, 5.74) is 1.70. The van der Waals surface area contributed by atoms with Crippen LogP contribution in [0.15, 0.2) is 53.1 Å². The minimum atomic E-state index is -0.250. The van der Waals surface area contributed by atoms with Gasteiger partial charge in [0.05, 0.1) is 10.1 Å². The minimum absolute atomic E-state index is 0.0933. The number of fused-ring (bicyclic) bond motifs is 1. The molecule has 1 N–H and O–H groups in total. The molecule has 0 saturated carbocycles. The second-order valence-corrected chi connectivity index (χ2v) is 8.16. The van der Waals surface area contributed by atoms with Gasteiger partial charge in [0.15, 0.2) is 16.8 Å². The van der Waals surface area contributed by atoms with Crippen LogP contribution in [-0.4, -0.2) is 30.8 Å². The van der Waals surface area contributed by atoms with Crippen molar-refractivity contribution in [3.05, 3.63) is 53.5 Å². The zero-order valence-electron chi connectivity index (χ0n) is 14.5. The number of para-hydroxylation sites is 1. The Kier molecular flexibility index (Phi) is 4.65. The van der Waals surface area contributed by atoms with Crippen LogP contribution in [-0.2, 0) is 6.54 Å². The number of rotatable bonds is 6. The van der Waals surface area contributed by atoms with Gasteiger partial charge >= 0.3 is 0 Å². The minimum Gasteiger partial charge on any atom is -0.360 e. The van der Waals surface area contributed by atoms with Crippen molar-refractivity contribution in [2.75, 3.05) is 0 Å². The molecule has 0 aliphatic rings. The Balaban J connectivity index is 1.60. The van der Waals surface area contributed by atoms with Crippen molar-refractivity contribution < 1.29 is 4.79 Å². The molecule has 0 fully saturated rings. The average molecular weight is 383 g/mol. The van der Waals surface area contributed by atoms with Crippen molar-refractivity contribution in [1.82, 2.24) is 19.7 Å². The number of thiophene rings is 1. The Hall–Kier alpha value is -2.38. The zero-order chi connectivity index (χ0) is 18.1. The van der Waals surface area contributed by atoms with Gasteiger partial charge in [-0.15, -0.1) is 21.5 Å². The molecular formula is C19H18N4OS2. The number of H-pyrrole nitrogens is 1. The van der Waals surface area contributed by atoms with Crippen LogP contribution in [0.3, 0.4) is 0 Å². The Morgan fingerprint density at radius 3 is 2.88 bits per heavy atom. The highest BCUT2D eigenvalue weighted by atomic mass is 32.2. The van der Waals surface area contributed by atoms with Gasteiger partial charge in [-0.3, -0.25) is 4.79 Å². The summed E-state index contributed by atoms with van der Waals surface area (Å²) in [6.07, 6.45) is 1.80. The van der Waals surface area contributed by atoms with Crippen LogP contribution >= 0.6 is 23.1 Å². The number of nitrogens with zero attached hydrogens (tertiary/aromatic N) is 3. The standard InChI is InChI=1S/C19H18N4OS2/c1-3-23-18(16-9-6-10-25-16)21-22-19(23)26-12(2)17(24)14-11-20-15-8-5-4-7-13(14)15/h4-12,20H,3H2,1-2H3. The van der Waals surface area contributed by atoms with Crippen LogP contribution in [0.2, 0.25) is 0 Å². The molecule has 132 valence electrons. The molecule has 3 heterocycles. The number of hydrogen-bond acceptors (Lipinski definition) is 5. The van der Waals surface area contributed by atoms with Gasteiger partial charge in [-0.1, -0.05) is 36.0 Å². The third-order valence-electron chi connectivity index (χ3n) is 4.28. The molecule has 5 nitrogen and oxygen atoms in total. The molecule has 1 aromatic carbocycles. The SMILES string of the molecule is CCn1c(SC(C)C(=O)c2c[nH]c3ccccc23)nnc1-c1cccs1. The lowest BCUT2D eigenvalue weighted by Crippen LogP contribution is -2.14. The molecule has 1 atom stereocenters. The highest BCUT2D eigenvalue weighted by Gasteiger charge is 2.23. The van der Waals surface area contributed by atoms with Gasteiger partial charge in [-0.05, 0) is 31.4 Å². The first-order valence-electron chi connectivity index (χ1n) is 8.43. The maximum atomic E-state index is 13.0. The van der Waals surface area contributed by atoms with Gasteiger partial charge in [0.1, 0.15) is 0 Å². The molecule has 0 saturated heterocycles. The summed E-state index contributed by atoms with van der Waals surface area (Å²) < 4.78 is 2.06. The number of carbonyl (C=O) groups excluding carboxylic acids is 1. The lowest BCUT2D eigenvalue weighted by atomic mass is 10.1. The summed E-state index contributed by atoms with van der Waals surface area (Å²) >= 11 is 3.10. The van der Waals surface area contributed by atoms with Gasteiger partial charge in [-0.25, -0.2) is 0 Å². The predicted molar refractivity (Wildman–Crippen MR) is 107 cm³/mol. The summed E-state index contributed by atoms with van der Waals surface area (Å²) in [5, 5.41) is 12.2. The third kappa shape index (κ3) is 2.97. The van der Waals surface area contributed by atoms with E-state index in [0.717, 1.165) is 38.9 Å². The van der Waals surface area contributed by atoms with Crippen LogP contribution in [0.25, 0.3) is 21.6 Å². The molecule has 0 amide bonds. The monoisotopic (exact) mass is 382 g/mol. The van der Waals surface area contributed by atoms with Gasteiger partial charge in [0.25, 0.3) is 0 Å². The van der Waals surface area contributed by atoms with E-state index in [9.17, 15) is 4.79 Å². The van der Waals surface area contributed by atoms with E-state index in [1.807, 2.05) is 48.7 Å². The molecule has 0 spiro atoms. The summed E-state index contributed by atoms with van der Waals surface area (Å²) in [7, 11) is 0. The van der Waals surface area contributed by atoms with E-state index in [1.165, 1.54) is 11.8 Å². The molecule has 26 heavy (non-hydrogen) atoms. The molecule has 0 bridgehead atoms. The first-order valence-corrected chi connectivity index (χ1v) is 10.2. The molecule has 0 radical (unpaired) electrons. The van der Waals surface area contributed by atoms with E-state index in [4.69, 9.17) is 0 Å². The van der Waals surface area contributed by atoms with Crippen LogP contribution in [0, 0.1) is 0 Å². The molecule has 4 aromatic rings. The maximum Gasteiger partial charge on any atom is 0.192 e. The third-order valence-corrected chi connectivity index (χ3v) is 6.23. The van der Waals surface area contributed by atoms with Crippen LogP contribution in [0.5, 0.6) is 0 Å². The Morgan fingerprint density at radius 1 is 1.27 bits per heavy atom. The molecule has 0 aliphatic carbocycles. The molecule has 1 unspecified atom stereocenters. The normalized spacial score (nSPS) is 12.5. The first kappa shape index (κ1) is 17.1. The average Bonchev–Trinajstić information content (AvgIpc) is 3.39. The first-order chi connectivity index (χ1) is 12.7. The largest absolute Gasteiger partial charge is 0.360 e. The van der Waals surface area contributed by atoms with Crippen molar-refractivity contribution >= 4 is 39.8 Å². The number of benzene rings is 1. The van der Waals surface area contributed by atoms with E-state index < -0.39 is 0 Å². The number of nitrogens with one attached hydrogen (secondary N) is 1. The lowest BCUT2D eigenvalue weighted by molar-refractivity contribution is 0.0995. The second kappa shape index (κ2) is 7.09. The van der Waals surface area contributed by atoms with Crippen LogP contribution in [0.4, 0.5) is 0 Å². The van der Waals surface area contributed by atoms with E-state index in [1.54, 1.807) is 17.5 Å². The number of ketones is 1. The number of carbonyl (C=O) groups is 1. The fourth-order valence-corrected chi connectivity index (χ4v) is 4.65. The topological polar surface area (TPSA) is 63.6 Å². The van der Waals surface area contributed by atoms with Crippen LogP contribution in [0.1, 0.15) is 24.2 Å². The number of Topliss-reactive ketones (excluding diaryl/α,β-unsaturated/α-hetero) is 1. The van der Waals surface area contributed by atoms with Crippen molar-refractivity contribution in [1.29, 1.82) is 0 Å². The summed E-state index contributed by atoms with van der Waals surface area (Å²) in [5.74, 6) is 0.951. The Bertz CT molecular complexity index is 1050. The maximum absolute atomic E-state index is 13.0. The predicted octanol–water partition coefficient (Wildman–Crippen LogP) is 4.87. The highest BCUT2D eigenvalue weighted by Crippen LogP contribution is 2.31. The van der Waals surface area contributed by atoms with Crippen LogP contribution < -0.4 is 0 Å². The van der Waals surface area contributed by atoms with E-state index in [-0.39, 0.29) is 11.0 Å². The quantitative estimate of drug-likeness (QED) is 0.382. The van der Waals surface area contributed by atoms with Gasteiger partial charge in [0.2, 0.25) is 0 Å². The summed E-state index contributed by atoms with van der Waals surface area (Å²) in [6.45, 7) is 4.75. The Labute approximate surface area is 159 Å². The Morgan fingerprint density at radius 2 is 2.12 bits per heavy atom. The van der Waals surface area contributed by atoms with Crippen molar-refractivity contribution in [2.45, 2.75) is 30.8 Å². The number of aromatic amines is 1. The summed E-state index contributed by atoms with van der Waals surface area (Å²) in [6, 6.07) is 11.9. The van der Waals surface area contributed by atoms with Crippen molar-refractivity contribution in [2.24, 2.45) is 0 Å². The molecule has 0 aliphatic heterocycles. The second-order valence-electron chi connectivity index (χ2n) is 5.90. The number of hydrogen-bond donors (Lipinski definition) is 1. The van der Waals surface area contributed by atoms with E-state index >= 15 is 0 Å². The number of thioether (sulfide) groups is 1. The molecule has 3 aromatic heterocycles. The van der Waals surface area contributed by atoms with E-state index in [0.29, 0.717) is 0 Å². The van der Waals surface area contributed by atoms with Gasteiger partial charge in [-0.2, -0.15) is 0 Å². The van der Waals surface area contributed by atoms with Crippen molar-refractivity contribution in [3.63, 3.8) is 0 Å². The number of aromatic nitrogens is 4.